The Hall–Kier alpha value is -5.29. The number of hydrogen-bond acceptors (Lipinski definition) is 12. The molecule has 8 rings (SSSR count). The van der Waals surface area contributed by atoms with Crippen LogP contribution in [-0.4, -0.2) is 99.5 Å². The lowest BCUT2D eigenvalue weighted by atomic mass is 9.96. The number of H-pyrrole nitrogens is 1. The largest absolute Gasteiger partial charge is 0.508 e. The van der Waals surface area contributed by atoms with Crippen molar-refractivity contribution in [1.82, 2.24) is 25.1 Å². The Kier molecular flexibility index (Phi) is 6.59. The predicted octanol–water partition coefficient (Wildman–Crippen LogP) is 0.765. The number of imide groups is 1. The quantitative estimate of drug-likeness (QED) is 0.118. The molecule has 0 radical (unpaired) electrons. The summed E-state index contributed by atoms with van der Waals surface area (Å²) >= 11 is 0. The van der Waals surface area contributed by atoms with Crippen LogP contribution in [0, 0.1) is 0 Å². The predicted molar refractivity (Wildman–Crippen MR) is 164 cm³/mol. The van der Waals surface area contributed by atoms with E-state index in [1.807, 2.05) is 0 Å². The standard InChI is InChI=1S/C32H27N5O10/c38-12-20-27(41)28(42)29(43)32(46-20)47-37-19-10-15(40)5-7-17(19)22-24-23(21-16-6-4-14(39)9-18(16)35-25(21)26(22)37)30(44)36(31(24)45)34-11-13-3-1-2-8-33-13/h1-10,20,27-29,32,34-35,38-43H,11-12H2/t20-,27-,28+,29-,32+/m1/s1. The number of carbonyl (C=O) groups excluding carboxylic acids is 2. The maximum atomic E-state index is 14.2. The van der Waals surface area contributed by atoms with Gasteiger partial charge in [-0.3, -0.25) is 14.6 Å². The van der Waals surface area contributed by atoms with Crippen molar-refractivity contribution in [3.63, 3.8) is 0 Å². The van der Waals surface area contributed by atoms with E-state index in [0.29, 0.717) is 32.9 Å². The van der Waals surface area contributed by atoms with E-state index in [1.54, 1.807) is 36.5 Å². The first kappa shape index (κ1) is 29.1. The van der Waals surface area contributed by atoms with Gasteiger partial charge in [-0.2, -0.15) is 4.73 Å². The number of aromatic nitrogens is 3. The van der Waals surface area contributed by atoms with Crippen molar-refractivity contribution in [3.05, 3.63) is 77.6 Å². The monoisotopic (exact) mass is 641 g/mol. The van der Waals surface area contributed by atoms with Crippen LogP contribution in [0.5, 0.6) is 11.5 Å². The van der Waals surface area contributed by atoms with Gasteiger partial charge in [-0.15, -0.1) is 0 Å². The van der Waals surface area contributed by atoms with Crippen LogP contribution in [0.2, 0.25) is 0 Å². The Balaban J connectivity index is 1.40. The van der Waals surface area contributed by atoms with Crippen molar-refractivity contribution in [2.45, 2.75) is 37.3 Å². The molecule has 0 aliphatic carbocycles. The number of nitrogens with zero attached hydrogens (tertiary/aromatic N) is 3. The number of aromatic amines is 1. The molecule has 0 saturated carbocycles. The Morgan fingerprint density at radius 2 is 1.62 bits per heavy atom. The number of carbonyl (C=O) groups is 2. The molecular weight excluding hydrogens is 614 g/mol. The van der Waals surface area contributed by atoms with Crippen molar-refractivity contribution < 1.29 is 49.8 Å². The number of hydrazine groups is 1. The third-order valence-corrected chi connectivity index (χ3v) is 8.71. The number of nitrogens with one attached hydrogen (secondary N) is 2. The second-order valence-electron chi connectivity index (χ2n) is 11.5. The van der Waals surface area contributed by atoms with Crippen LogP contribution in [0.3, 0.4) is 0 Å². The average molecular weight is 642 g/mol. The van der Waals surface area contributed by atoms with Gasteiger partial charge in [0.05, 0.1) is 46.5 Å². The first-order chi connectivity index (χ1) is 22.7. The van der Waals surface area contributed by atoms with Crippen molar-refractivity contribution in [1.29, 1.82) is 0 Å². The molecule has 0 spiro atoms. The summed E-state index contributed by atoms with van der Waals surface area (Å²) in [7, 11) is 0. The highest BCUT2D eigenvalue weighted by Gasteiger charge is 2.46. The minimum atomic E-state index is -1.78. The molecule has 6 aromatic rings. The highest BCUT2D eigenvalue weighted by atomic mass is 16.8. The fourth-order valence-corrected chi connectivity index (χ4v) is 6.52. The van der Waals surface area contributed by atoms with E-state index in [1.165, 1.54) is 29.0 Å². The average Bonchev–Trinajstić information content (AvgIpc) is 3.67. The number of hydrogen-bond donors (Lipinski definition) is 8. The maximum absolute atomic E-state index is 14.2. The van der Waals surface area contributed by atoms with Gasteiger partial charge in [-0.05, 0) is 36.4 Å². The lowest BCUT2D eigenvalue weighted by Crippen LogP contribution is -2.61. The van der Waals surface area contributed by atoms with E-state index < -0.39 is 49.1 Å². The Labute approximate surface area is 263 Å². The van der Waals surface area contributed by atoms with Gasteiger partial charge in [-0.25, -0.2) is 10.4 Å². The van der Waals surface area contributed by atoms with Crippen LogP contribution in [0.15, 0.2) is 60.8 Å². The number of phenols is 2. The molecule has 5 atom stereocenters. The van der Waals surface area contributed by atoms with Crippen molar-refractivity contribution >= 4 is 55.4 Å². The zero-order valence-corrected chi connectivity index (χ0v) is 24.2. The number of aromatic hydroxyl groups is 2. The fraction of sp³-hybridized carbons (Fsp3) is 0.219. The van der Waals surface area contributed by atoms with Crippen molar-refractivity contribution in [2.75, 3.05) is 6.61 Å². The topological polar surface area (TPSA) is 223 Å². The summed E-state index contributed by atoms with van der Waals surface area (Å²) in [5.74, 6) is -1.52. The number of amides is 2. The van der Waals surface area contributed by atoms with Gasteiger partial charge in [0.25, 0.3) is 18.1 Å². The normalized spacial score (nSPS) is 23.1. The van der Waals surface area contributed by atoms with Crippen LogP contribution >= 0.6 is 0 Å². The van der Waals surface area contributed by atoms with Crippen LogP contribution in [0.4, 0.5) is 0 Å². The zero-order valence-electron chi connectivity index (χ0n) is 24.2. The molecule has 2 aliphatic heterocycles. The number of aliphatic hydroxyl groups is 4. The first-order valence-corrected chi connectivity index (χ1v) is 14.6. The van der Waals surface area contributed by atoms with Crippen LogP contribution in [0.25, 0.3) is 43.6 Å². The summed E-state index contributed by atoms with van der Waals surface area (Å²) in [5.41, 5.74) is 4.75. The highest BCUT2D eigenvalue weighted by Crippen LogP contribution is 2.45. The number of ether oxygens (including phenoxy) is 1. The molecule has 3 aromatic carbocycles. The Morgan fingerprint density at radius 1 is 0.894 bits per heavy atom. The molecule has 15 heteroatoms. The number of phenolic OH excluding ortho intramolecular Hbond substituents is 2. The van der Waals surface area contributed by atoms with E-state index in [9.17, 15) is 40.2 Å². The molecular formula is C32H27N5O10. The summed E-state index contributed by atoms with van der Waals surface area (Å²) in [6.07, 6.45) is -6.49. The summed E-state index contributed by atoms with van der Waals surface area (Å²) < 4.78 is 6.84. The molecule has 0 bridgehead atoms. The van der Waals surface area contributed by atoms with Gasteiger partial charge in [-0.1, -0.05) is 6.07 Å². The Morgan fingerprint density at radius 3 is 2.34 bits per heavy atom. The second kappa shape index (κ2) is 10.6. The number of fused-ring (bicyclic) bond motifs is 10. The van der Waals surface area contributed by atoms with Gasteiger partial charge in [0, 0.05) is 39.9 Å². The van der Waals surface area contributed by atoms with E-state index in [-0.39, 0.29) is 45.6 Å². The third-order valence-electron chi connectivity index (χ3n) is 8.71. The minimum absolute atomic E-state index is 0.0341. The van der Waals surface area contributed by atoms with Crippen LogP contribution in [0.1, 0.15) is 26.4 Å². The second-order valence-corrected chi connectivity index (χ2v) is 11.5. The van der Waals surface area contributed by atoms with E-state index in [2.05, 4.69) is 15.4 Å². The van der Waals surface area contributed by atoms with Gasteiger partial charge in [0.1, 0.15) is 41.4 Å². The molecule has 1 fully saturated rings. The number of rotatable bonds is 6. The lowest BCUT2D eigenvalue weighted by Gasteiger charge is -2.39. The van der Waals surface area contributed by atoms with Crippen molar-refractivity contribution in [3.8, 4) is 11.5 Å². The molecule has 0 unspecified atom stereocenters. The highest BCUT2D eigenvalue weighted by molar-refractivity contribution is 6.39. The third kappa shape index (κ3) is 4.26. The van der Waals surface area contributed by atoms with Gasteiger partial charge in [0.15, 0.2) is 0 Å². The van der Waals surface area contributed by atoms with Gasteiger partial charge < -0.3 is 45.2 Å². The first-order valence-electron chi connectivity index (χ1n) is 14.6. The molecule has 2 aliphatic rings. The summed E-state index contributed by atoms with van der Waals surface area (Å²) in [4.78, 5) is 42.0. The number of aliphatic hydroxyl groups excluding tert-OH is 4. The van der Waals surface area contributed by atoms with E-state index >= 15 is 0 Å². The number of benzene rings is 3. The van der Waals surface area contributed by atoms with Crippen LogP contribution < -0.4 is 10.3 Å². The zero-order chi connectivity index (χ0) is 32.7. The summed E-state index contributed by atoms with van der Waals surface area (Å²) in [6, 6.07) is 14.1. The molecule has 15 nitrogen and oxygen atoms in total. The molecule has 8 N–H and O–H groups in total. The molecule has 1 saturated heterocycles. The smallest absolute Gasteiger partial charge is 0.276 e. The Bertz CT molecular complexity index is 2250. The minimum Gasteiger partial charge on any atom is -0.508 e. The van der Waals surface area contributed by atoms with Crippen molar-refractivity contribution in [2.24, 2.45) is 0 Å². The maximum Gasteiger partial charge on any atom is 0.276 e. The van der Waals surface area contributed by atoms with E-state index in [0.717, 1.165) is 5.01 Å². The molecule has 47 heavy (non-hydrogen) atoms. The van der Waals surface area contributed by atoms with E-state index in [4.69, 9.17) is 9.57 Å². The molecule has 3 aromatic heterocycles. The lowest BCUT2D eigenvalue weighted by molar-refractivity contribution is -0.298. The molecule has 2 amide bonds. The van der Waals surface area contributed by atoms with Gasteiger partial charge in [0.2, 0.25) is 0 Å². The number of pyridine rings is 1. The fourth-order valence-electron chi connectivity index (χ4n) is 6.52. The van der Waals surface area contributed by atoms with Crippen LogP contribution in [-0.2, 0) is 11.3 Å². The SMILES string of the molecule is O=C1c2c(c3c4ccc(O)cc4n(O[C@@H]4O[C@H](CO)[C@@H](O)[C@H](O)[C@H]4O)c3c3[nH]c4cc(O)ccc4c23)C(=O)N1NCc1ccccn1. The molecule has 240 valence electrons. The summed E-state index contributed by atoms with van der Waals surface area (Å²) in [5, 5.41) is 64.6. The van der Waals surface area contributed by atoms with Gasteiger partial charge >= 0.3 is 0 Å². The molecule has 5 heterocycles. The summed E-state index contributed by atoms with van der Waals surface area (Å²) in [6.45, 7) is -0.629.